The summed E-state index contributed by atoms with van der Waals surface area (Å²) in [5, 5.41) is 8.15. The molecule has 3 aromatic rings. The summed E-state index contributed by atoms with van der Waals surface area (Å²) < 4.78 is 11.5. The lowest BCUT2D eigenvalue weighted by atomic mass is 10.2. The summed E-state index contributed by atoms with van der Waals surface area (Å²) in [6.45, 7) is -0.124. The van der Waals surface area contributed by atoms with E-state index in [1.54, 1.807) is 0 Å². The number of carbonyl (C=O) groups is 1. The smallest absolute Gasteiger partial charge is 0.338 e. The first kappa shape index (κ1) is 16.0. The molecule has 0 aliphatic heterocycles. The van der Waals surface area contributed by atoms with Crippen molar-refractivity contribution < 1.29 is 13.9 Å². The van der Waals surface area contributed by atoms with E-state index in [1.165, 1.54) is 29.5 Å². The Bertz CT molecular complexity index is 865. The quantitative estimate of drug-likeness (QED) is 0.509. The van der Waals surface area contributed by atoms with Gasteiger partial charge in [-0.2, -0.15) is 0 Å². The highest BCUT2D eigenvalue weighted by Gasteiger charge is 2.14. The van der Waals surface area contributed by atoms with Crippen LogP contribution in [0, 0.1) is 0 Å². The molecule has 118 valence electrons. The molecule has 2 aromatic heterocycles. The van der Waals surface area contributed by atoms with Gasteiger partial charge >= 0.3 is 5.97 Å². The summed E-state index contributed by atoms with van der Waals surface area (Å²) >= 11 is 10.6. The number of benzene rings is 1. The molecule has 1 aromatic carbocycles. The molecule has 3 rings (SSSR count). The van der Waals surface area contributed by atoms with Crippen molar-refractivity contribution in [2.45, 2.75) is 6.61 Å². The molecule has 2 N–H and O–H groups in total. The number of nitrogen functional groups attached to an aromatic ring is 1. The molecule has 0 aliphatic carbocycles. The van der Waals surface area contributed by atoms with E-state index in [1.807, 2.05) is 12.1 Å². The zero-order valence-corrected chi connectivity index (χ0v) is 14.6. The number of esters is 1. The number of rotatable bonds is 4. The van der Waals surface area contributed by atoms with Crippen molar-refractivity contribution in [2.24, 2.45) is 0 Å². The van der Waals surface area contributed by atoms with Crippen molar-refractivity contribution in [3.8, 4) is 10.8 Å². The fourth-order valence-electron chi connectivity index (χ4n) is 1.72. The first-order valence-electron chi connectivity index (χ1n) is 6.33. The lowest BCUT2D eigenvalue weighted by molar-refractivity contribution is 0.0439. The molecule has 0 bridgehead atoms. The van der Waals surface area contributed by atoms with Crippen LogP contribution >= 0.6 is 38.9 Å². The van der Waals surface area contributed by atoms with Crippen molar-refractivity contribution >= 4 is 50.5 Å². The van der Waals surface area contributed by atoms with E-state index in [0.717, 1.165) is 8.66 Å². The van der Waals surface area contributed by atoms with Crippen molar-refractivity contribution in [1.29, 1.82) is 0 Å². The zero-order valence-electron chi connectivity index (χ0n) is 11.5. The minimum Gasteiger partial charge on any atom is -0.452 e. The average molecular weight is 415 g/mol. The standard InChI is InChI=1S/C14H9BrClN3O3S/c15-11-4-3-10(23-11)13-19-18-12(22-13)6-21-14(20)7-1-2-8(16)9(17)5-7/h1-5H,6,17H2. The summed E-state index contributed by atoms with van der Waals surface area (Å²) in [5.74, 6) is 0.0364. The Morgan fingerprint density at radius 3 is 2.87 bits per heavy atom. The number of hydrogen-bond donors (Lipinski definition) is 1. The Kier molecular flexibility index (Phi) is 4.65. The van der Waals surface area contributed by atoms with Crippen LogP contribution in [-0.4, -0.2) is 16.2 Å². The molecular weight excluding hydrogens is 406 g/mol. The van der Waals surface area contributed by atoms with E-state index in [-0.39, 0.29) is 12.5 Å². The van der Waals surface area contributed by atoms with Crippen molar-refractivity contribution in [3.05, 3.63) is 50.6 Å². The number of aromatic nitrogens is 2. The molecular formula is C14H9BrClN3O3S. The van der Waals surface area contributed by atoms with E-state index < -0.39 is 5.97 Å². The van der Waals surface area contributed by atoms with E-state index >= 15 is 0 Å². The summed E-state index contributed by atoms with van der Waals surface area (Å²) in [6, 6.07) is 8.26. The number of nitrogens with two attached hydrogens (primary N) is 1. The second kappa shape index (κ2) is 6.69. The maximum Gasteiger partial charge on any atom is 0.338 e. The minimum atomic E-state index is -0.549. The molecule has 0 unspecified atom stereocenters. The fourth-order valence-corrected chi connectivity index (χ4v) is 3.15. The Morgan fingerprint density at radius 1 is 1.35 bits per heavy atom. The van der Waals surface area contributed by atoms with Crippen LogP contribution in [-0.2, 0) is 11.3 Å². The highest BCUT2D eigenvalue weighted by molar-refractivity contribution is 9.11. The summed E-state index contributed by atoms with van der Waals surface area (Å²) in [5.41, 5.74) is 6.26. The second-order valence-electron chi connectivity index (χ2n) is 4.42. The average Bonchev–Trinajstić information content (AvgIpc) is 3.16. The number of anilines is 1. The van der Waals surface area contributed by atoms with Crippen LogP contribution in [0.25, 0.3) is 10.8 Å². The Morgan fingerprint density at radius 2 is 2.17 bits per heavy atom. The second-order valence-corrected chi connectivity index (χ2v) is 7.29. The normalized spacial score (nSPS) is 10.7. The van der Waals surface area contributed by atoms with Gasteiger partial charge in [-0.15, -0.1) is 21.5 Å². The molecule has 9 heteroatoms. The van der Waals surface area contributed by atoms with Gasteiger partial charge in [0.1, 0.15) is 0 Å². The number of halogens is 2. The van der Waals surface area contributed by atoms with Crippen LogP contribution in [0.1, 0.15) is 16.2 Å². The third-order valence-electron chi connectivity index (χ3n) is 2.81. The molecule has 2 heterocycles. The van der Waals surface area contributed by atoms with Gasteiger partial charge in [0.05, 0.1) is 24.9 Å². The van der Waals surface area contributed by atoms with E-state index in [0.29, 0.717) is 22.2 Å². The van der Waals surface area contributed by atoms with Crippen LogP contribution < -0.4 is 5.73 Å². The zero-order chi connectivity index (χ0) is 16.4. The van der Waals surface area contributed by atoms with Crippen LogP contribution in [0.4, 0.5) is 5.69 Å². The topological polar surface area (TPSA) is 91.2 Å². The SMILES string of the molecule is Nc1cc(C(=O)OCc2nnc(-c3ccc(Br)s3)o2)ccc1Cl. The molecule has 0 fully saturated rings. The maximum atomic E-state index is 11.9. The predicted molar refractivity (Wildman–Crippen MR) is 90.3 cm³/mol. The first-order valence-corrected chi connectivity index (χ1v) is 8.32. The number of nitrogens with zero attached hydrogens (tertiary/aromatic N) is 2. The van der Waals surface area contributed by atoms with E-state index in [4.69, 9.17) is 26.5 Å². The molecule has 23 heavy (non-hydrogen) atoms. The summed E-state index contributed by atoms with van der Waals surface area (Å²) in [6.07, 6.45) is 0. The highest BCUT2D eigenvalue weighted by atomic mass is 79.9. The number of hydrogen-bond acceptors (Lipinski definition) is 7. The van der Waals surface area contributed by atoms with Gasteiger partial charge in [0.25, 0.3) is 11.8 Å². The number of carbonyl (C=O) groups excluding carboxylic acids is 1. The Balaban J connectivity index is 1.65. The number of ether oxygens (including phenoxy) is 1. The van der Waals surface area contributed by atoms with Crippen LogP contribution in [0.15, 0.2) is 38.5 Å². The van der Waals surface area contributed by atoms with Gasteiger partial charge in [-0.1, -0.05) is 11.6 Å². The molecule has 0 atom stereocenters. The summed E-state index contributed by atoms with van der Waals surface area (Å²) in [4.78, 5) is 12.8. The molecule has 0 aliphatic rings. The molecule has 0 amide bonds. The molecule has 0 saturated heterocycles. The molecule has 0 saturated carbocycles. The van der Waals surface area contributed by atoms with Gasteiger partial charge in [-0.25, -0.2) is 4.79 Å². The van der Waals surface area contributed by atoms with Crippen LogP contribution in [0.2, 0.25) is 5.02 Å². The van der Waals surface area contributed by atoms with Gasteiger partial charge in [-0.3, -0.25) is 0 Å². The lowest BCUT2D eigenvalue weighted by Gasteiger charge is -2.04. The monoisotopic (exact) mass is 413 g/mol. The molecule has 6 nitrogen and oxygen atoms in total. The minimum absolute atomic E-state index is 0.124. The van der Waals surface area contributed by atoms with Gasteiger partial charge in [0, 0.05) is 0 Å². The van der Waals surface area contributed by atoms with Crippen LogP contribution in [0.3, 0.4) is 0 Å². The molecule has 0 radical (unpaired) electrons. The Hall–Kier alpha value is -1.90. The third kappa shape index (κ3) is 3.72. The third-order valence-corrected chi connectivity index (χ3v) is 4.77. The fraction of sp³-hybridized carbons (Fsp3) is 0.0714. The first-order chi connectivity index (χ1) is 11.0. The lowest BCUT2D eigenvalue weighted by Crippen LogP contribution is -2.06. The van der Waals surface area contributed by atoms with Gasteiger partial charge in [0.2, 0.25) is 0 Å². The van der Waals surface area contributed by atoms with Gasteiger partial charge < -0.3 is 14.9 Å². The Labute approximate surface area is 148 Å². The van der Waals surface area contributed by atoms with Crippen molar-refractivity contribution in [1.82, 2.24) is 10.2 Å². The molecule has 0 spiro atoms. The van der Waals surface area contributed by atoms with Gasteiger partial charge in [0.15, 0.2) is 6.61 Å². The highest BCUT2D eigenvalue weighted by Crippen LogP contribution is 2.30. The number of thiophene rings is 1. The van der Waals surface area contributed by atoms with E-state index in [9.17, 15) is 4.79 Å². The van der Waals surface area contributed by atoms with Crippen molar-refractivity contribution in [2.75, 3.05) is 5.73 Å². The largest absolute Gasteiger partial charge is 0.452 e. The summed E-state index contributed by atoms with van der Waals surface area (Å²) in [7, 11) is 0. The van der Waals surface area contributed by atoms with Crippen molar-refractivity contribution in [3.63, 3.8) is 0 Å². The maximum absolute atomic E-state index is 11.9. The van der Waals surface area contributed by atoms with Crippen LogP contribution in [0.5, 0.6) is 0 Å². The predicted octanol–water partition coefficient (Wildman–Crippen LogP) is 4.15. The van der Waals surface area contributed by atoms with Gasteiger partial charge in [-0.05, 0) is 46.3 Å². The van der Waals surface area contributed by atoms with E-state index in [2.05, 4.69) is 26.1 Å².